The minimum absolute atomic E-state index is 0.783. The zero-order valence-electron chi connectivity index (χ0n) is 11.5. The van der Waals surface area contributed by atoms with E-state index in [1.165, 1.54) is 6.42 Å². The van der Waals surface area contributed by atoms with Crippen LogP contribution in [0.3, 0.4) is 0 Å². The van der Waals surface area contributed by atoms with Gasteiger partial charge >= 0.3 is 0 Å². The molecule has 0 aliphatic carbocycles. The van der Waals surface area contributed by atoms with Crippen molar-refractivity contribution in [1.82, 2.24) is 4.90 Å². The Morgan fingerprint density at radius 2 is 2.17 bits per heavy atom. The normalized spacial score (nSPS) is 20.0. The molecule has 98 valence electrons. The molecule has 1 fully saturated rings. The Morgan fingerprint density at radius 1 is 1.39 bits per heavy atom. The molecule has 0 spiro atoms. The maximum absolute atomic E-state index is 5.89. The smallest absolute Gasteiger partial charge is 0.229 e. The lowest BCUT2D eigenvalue weighted by Gasteiger charge is -2.13. The van der Waals surface area contributed by atoms with Crippen LogP contribution in [0.15, 0.2) is 29.3 Å². The molecular weight excluding hydrogens is 240 g/mol. The third-order valence-electron chi connectivity index (χ3n) is 3.04. The van der Waals surface area contributed by atoms with Crippen molar-refractivity contribution >= 4 is 21.1 Å². The van der Waals surface area contributed by atoms with Gasteiger partial charge in [0.1, 0.15) is 11.4 Å². The second-order valence-corrected chi connectivity index (χ2v) is 7.60. The monoisotopic (exact) mass is 262 g/mol. The summed E-state index contributed by atoms with van der Waals surface area (Å²) < 4.78 is 5.89. The SMILES string of the molecule is CC1CCN(C=Nc2ccccc2O[SiH](C)C)C1. The summed E-state index contributed by atoms with van der Waals surface area (Å²) in [6.07, 6.45) is 3.23. The lowest BCUT2D eigenvalue weighted by atomic mass is 10.2. The number of rotatable bonds is 4. The van der Waals surface area contributed by atoms with Crippen molar-refractivity contribution in [2.75, 3.05) is 13.1 Å². The van der Waals surface area contributed by atoms with E-state index in [2.05, 4.69) is 29.9 Å². The molecule has 1 saturated heterocycles. The summed E-state index contributed by atoms with van der Waals surface area (Å²) in [5, 5.41) is 0. The van der Waals surface area contributed by atoms with E-state index in [0.29, 0.717) is 0 Å². The molecule has 1 aliphatic rings. The van der Waals surface area contributed by atoms with Gasteiger partial charge in [0, 0.05) is 13.1 Å². The molecule has 1 aliphatic heterocycles. The lowest BCUT2D eigenvalue weighted by Crippen LogP contribution is -2.17. The fraction of sp³-hybridized carbons (Fsp3) is 0.500. The summed E-state index contributed by atoms with van der Waals surface area (Å²) in [4.78, 5) is 6.86. The number of nitrogens with zero attached hydrogens (tertiary/aromatic N) is 2. The molecule has 18 heavy (non-hydrogen) atoms. The van der Waals surface area contributed by atoms with Crippen molar-refractivity contribution < 1.29 is 4.43 Å². The summed E-state index contributed by atoms with van der Waals surface area (Å²) in [7, 11) is -1.07. The van der Waals surface area contributed by atoms with Crippen molar-refractivity contribution in [3.63, 3.8) is 0 Å². The molecule has 1 aromatic rings. The molecule has 0 amide bonds. The summed E-state index contributed by atoms with van der Waals surface area (Å²) in [5.74, 6) is 1.70. The molecule has 0 saturated carbocycles. The van der Waals surface area contributed by atoms with Crippen molar-refractivity contribution in [3.05, 3.63) is 24.3 Å². The summed E-state index contributed by atoms with van der Waals surface area (Å²) >= 11 is 0. The zero-order valence-corrected chi connectivity index (χ0v) is 12.6. The Hall–Kier alpha value is -1.29. The zero-order chi connectivity index (χ0) is 13.0. The standard InChI is InChI=1S/C14H22N2OSi/c1-12-8-9-16(10-12)11-15-13-6-4-5-7-14(13)17-18(2)3/h4-7,11-12,18H,8-10H2,1-3H3. The van der Waals surface area contributed by atoms with E-state index in [4.69, 9.17) is 4.43 Å². The van der Waals surface area contributed by atoms with Crippen molar-refractivity contribution in [3.8, 4) is 5.75 Å². The molecule has 1 heterocycles. The molecule has 4 heteroatoms. The first-order chi connectivity index (χ1) is 8.65. The lowest BCUT2D eigenvalue weighted by molar-refractivity contribution is 0.507. The van der Waals surface area contributed by atoms with Crippen molar-refractivity contribution in [2.45, 2.75) is 26.4 Å². The first kappa shape index (κ1) is 13.1. The molecule has 0 bridgehead atoms. The van der Waals surface area contributed by atoms with Crippen LogP contribution in [0.5, 0.6) is 5.75 Å². The molecule has 1 aromatic carbocycles. The van der Waals surface area contributed by atoms with Gasteiger partial charge in [-0.25, -0.2) is 4.99 Å². The Morgan fingerprint density at radius 3 is 2.83 bits per heavy atom. The molecule has 1 atom stereocenters. The number of para-hydroxylation sites is 2. The average Bonchev–Trinajstić information content (AvgIpc) is 2.73. The second-order valence-electron chi connectivity index (χ2n) is 5.27. The van der Waals surface area contributed by atoms with Crippen molar-refractivity contribution in [2.24, 2.45) is 10.9 Å². The van der Waals surface area contributed by atoms with E-state index >= 15 is 0 Å². The topological polar surface area (TPSA) is 24.8 Å². The highest BCUT2D eigenvalue weighted by molar-refractivity contribution is 6.49. The van der Waals surface area contributed by atoms with Gasteiger partial charge in [0.25, 0.3) is 0 Å². The molecular formula is C14H22N2OSi. The van der Waals surface area contributed by atoms with Crippen LogP contribution in [-0.4, -0.2) is 33.4 Å². The van der Waals surface area contributed by atoms with E-state index in [1.54, 1.807) is 0 Å². The van der Waals surface area contributed by atoms with Crippen LogP contribution in [-0.2, 0) is 0 Å². The van der Waals surface area contributed by atoms with Gasteiger partial charge < -0.3 is 9.33 Å². The van der Waals surface area contributed by atoms with E-state index in [1.807, 2.05) is 30.6 Å². The minimum atomic E-state index is -1.07. The summed E-state index contributed by atoms with van der Waals surface area (Å²) in [6.45, 7) is 8.86. The van der Waals surface area contributed by atoms with Gasteiger partial charge in [-0.05, 0) is 37.6 Å². The maximum Gasteiger partial charge on any atom is 0.229 e. The van der Waals surface area contributed by atoms with Gasteiger partial charge in [0.15, 0.2) is 0 Å². The van der Waals surface area contributed by atoms with Gasteiger partial charge in [0.2, 0.25) is 9.04 Å². The van der Waals surface area contributed by atoms with E-state index in [9.17, 15) is 0 Å². The van der Waals surface area contributed by atoms with Crippen LogP contribution in [0, 0.1) is 5.92 Å². The molecule has 1 unspecified atom stereocenters. The van der Waals surface area contributed by atoms with Gasteiger partial charge in [-0.1, -0.05) is 19.1 Å². The Bertz CT molecular complexity index is 420. The summed E-state index contributed by atoms with van der Waals surface area (Å²) in [6, 6.07) is 8.03. The first-order valence-electron chi connectivity index (χ1n) is 6.69. The van der Waals surface area contributed by atoms with Crippen LogP contribution >= 0.6 is 0 Å². The van der Waals surface area contributed by atoms with Crippen LogP contribution in [0.25, 0.3) is 0 Å². The minimum Gasteiger partial charge on any atom is -0.546 e. The fourth-order valence-corrected chi connectivity index (χ4v) is 2.84. The third-order valence-corrected chi connectivity index (χ3v) is 3.77. The fourth-order valence-electron chi connectivity index (χ4n) is 2.14. The highest BCUT2D eigenvalue weighted by atomic mass is 28.3. The van der Waals surface area contributed by atoms with E-state index in [-0.39, 0.29) is 0 Å². The molecule has 0 radical (unpaired) electrons. The highest BCUT2D eigenvalue weighted by Gasteiger charge is 2.15. The van der Waals surface area contributed by atoms with Crippen LogP contribution < -0.4 is 4.43 Å². The Balaban J connectivity index is 2.06. The molecule has 3 nitrogen and oxygen atoms in total. The molecule has 0 aromatic heterocycles. The third kappa shape index (κ3) is 3.60. The number of benzene rings is 1. The molecule has 2 rings (SSSR count). The van der Waals surface area contributed by atoms with E-state index in [0.717, 1.165) is 30.4 Å². The Labute approximate surface area is 111 Å². The molecule has 0 N–H and O–H groups in total. The predicted molar refractivity (Wildman–Crippen MR) is 79.5 cm³/mol. The highest BCUT2D eigenvalue weighted by Crippen LogP contribution is 2.27. The maximum atomic E-state index is 5.89. The van der Waals surface area contributed by atoms with Gasteiger partial charge in [-0.2, -0.15) is 0 Å². The van der Waals surface area contributed by atoms with E-state index < -0.39 is 9.04 Å². The predicted octanol–water partition coefficient (Wildman–Crippen LogP) is 3.05. The number of hydrogen-bond acceptors (Lipinski definition) is 2. The van der Waals surface area contributed by atoms with Crippen LogP contribution in [0.1, 0.15) is 13.3 Å². The number of aliphatic imine (C=N–C) groups is 1. The quantitative estimate of drug-likeness (QED) is 0.473. The largest absolute Gasteiger partial charge is 0.546 e. The van der Waals surface area contributed by atoms with Gasteiger partial charge in [-0.15, -0.1) is 0 Å². The van der Waals surface area contributed by atoms with Gasteiger partial charge in [-0.3, -0.25) is 0 Å². The number of hydrogen-bond donors (Lipinski definition) is 0. The van der Waals surface area contributed by atoms with Crippen molar-refractivity contribution in [1.29, 1.82) is 0 Å². The average molecular weight is 262 g/mol. The Kier molecular flexibility index (Phi) is 4.41. The van der Waals surface area contributed by atoms with Gasteiger partial charge in [0.05, 0.1) is 6.34 Å². The second kappa shape index (κ2) is 6.04. The summed E-state index contributed by atoms with van der Waals surface area (Å²) in [5.41, 5.74) is 0.943. The van der Waals surface area contributed by atoms with Crippen LogP contribution in [0.4, 0.5) is 5.69 Å². The first-order valence-corrected chi connectivity index (χ1v) is 9.47. The van der Waals surface area contributed by atoms with Crippen LogP contribution in [0.2, 0.25) is 13.1 Å². The number of likely N-dealkylation sites (tertiary alicyclic amines) is 1.